The summed E-state index contributed by atoms with van der Waals surface area (Å²) in [6.07, 6.45) is -4.98. The van der Waals surface area contributed by atoms with Gasteiger partial charge in [-0.2, -0.15) is 13.2 Å². The van der Waals surface area contributed by atoms with Gasteiger partial charge in [-0.3, -0.25) is 5.32 Å². The molecule has 1 amide bonds. The number of carbonyl (C=O) groups is 1. The number of likely N-dealkylation sites (N-methyl/N-ethyl adjacent to an activating group) is 1. The van der Waals surface area contributed by atoms with E-state index in [2.05, 4.69) is 15.0 Å². The Morgan fingerprint density at radius 2 is 2.00 bits per heavy atom. The predicted octanol–water partition coefficient (Wildman–Crippen LogP) is 3.08. The van der Waals surface area contributed by atoms with Crippen molar-refractivity contribution in [2.75, 3.05) is 50.1 Å². The lowest BCUT2D eigenvalue weighted by Gasteiger charge is -2.23. The standard InChI is InChI=1S/C15H19F4N3O2/c1-21-5-2-6-22(8-7-21)13-4-3-11(9-12(13)16)20-14(23)24-10-15(17,18)19/h3-4,9H,2,5-8,10H2,1H3,(H,20,23). The topological polar surface area (TPSA) is 44.8 Å². The zero-order valence-electron chi connectivity index (χ0n) is 13.2. The Hall–Kier alpha value is -2.03. The summed E-state index contributed by atoms with van der Waals surface area (Å²) in [4.78, 5) is 15.3. The lowest BCUT2D eigenvalue weighted by molar-refractivity contribution is -0.159. The predicted molar refractivity (Wildman–Crippen MR) is 81.8 cm³/mol. The molecule has 2 rings (SSSR count). The van der Waals surface area contributed by atoms with Crippen molar-refractivity contribution in [2.45, 2.75) is 12.6 Å². The number of hydrogen-bond donors (Lipinski definition) is 1. The van der Waals surface area contributed by atoms with Crippen LogP contribution in [0.3, 0.4) is 0 Å². The summed E-state index contributed by atoms with van der Waals surface area (Å²) in [5.74, 6) is -0.548. The third kappa shape index (κ3) is 5.55. The molecule has 1 aromatic carbocycles. The van der Waals surface area contributed by atoms with Crippen molar-refractivity contribution >= 4 is 17.5 Å². The zero-order chi connectivity index (χ0) is 17.7. The average Bonchev–Trinajstić information content (AvgIpc) is 2.69. The fraction of sp³-hybridized carbons (Fsp3) is 0.533. The first-order valence-corrected chi connectivity index (χ1v) is 7.48. The fourth-order valence-corrected chi connectivity index (χ4v) is 2.43. The molecule has 1 fully saturated rings. The van der Waals surface area contributed by atoms with Crippen LogP contribution >= 0.6 is 0 Å². The molecular formula is C15H19F4N3O2. The van der Waals surface area contributed by atoms with Crippen molar-refractivity contribution in [3.05, 3.63) is 24.0 Å². The molecule has 0 radical (unpaired) electrons. The lowest BCUT2D eigenvalue weighted by atomic mass is 10.2. The third-order valence-corrected chi connectivity index (χ3v) is 3.62. The van der Waals surface area contributed by atoms with Crippen molar-refractivity contribution in [2.24, 2.45) is 0 Å². The van der Waals surface area contributed by atoms with E-state index in [0.717, 1.165) is 25.6 Å². The van der Waals surface area contributed by atoms with Gasteiger partial charge in [0, 0.05) is 25.3 Å². The number of alkyl halides is 3. The first-order chi connectivity index (χ1) is 11.2. The van der Waals surface area contributed by atoms with Crippen molar-refractivity contribution in [3.8, 4) is 0 Å². The van der Waals surface area contributed by atoms with E-state index >= 15 is 0 Å². The van der Waals surface area contributed by atoms with Crippen LogP contribution in [0, 0.1) is 5.82 Å². The molecule has 1 aromatic rings. The Morgan fingerprint density at radius 3 is 2.67 bits per heavy atom. The van der Waals surface area contributed by atoms with E-state index < -0.39 is 24.7 Å². The van der Waals surface area contributed by atoms with Gasteiger partial charge < -0.3 is 14.5 Å². The van der Waals surface area contributed by atoms with Crippen LogP contribution in [0.2, 0.25) is 0 Å². The van der Waals surface area contributed by atoms with Gasteiger partial charge in [-0.25, -0.2) is 9.18 Å². The largest absolute Gasteiger partial charge is 0.440 e. The highest BCUT2D eigenvalue weighted by Crippen LogP contribution is 2.24. The second kappa shape index (κ2) is 7.69. The summed E-state index contributed by atoms with van der Waals surface area (Å²) >= 11 is 0. The monoisotopic (exact) mass is 349 g/mol. The molecule has 0 aromatic heterocycles. The molecule has 5 nitrogen and oxygen atoms in total. The molecular weight excluding hydrogens is 330 g/mol. The summed E-state index contributed by atoms with van der Waals surface area (Å²) < 4.78 is 54.2. The number of rotatable bonds is 3. The van der Waals surface area contributed by atoms with Gasteiger partial charge in [-0.15, -0.1) is 0 Å². The number of ether oxygens (including phenoxy) is 1. The maximum Gasteiger partial charge on any atom is 0.422 e. The molecule has 1 aliphatic heterocycles. The number of nitrogens with zero attached hydrogens (tertiary/aromatic N) is 2. The molecule has 0 spiro atoms. The highest BCUT2D eigenvalue weighted by molar-refractivity contribution is 5.85. The van der Waals surface area contributed by atoms with Crippen LogP contribution in [0.25, 0.3) is 0 Å². The normalized spacial score (nSPS) is 16.6. The SMILES string of the molecule is CN1CCCN(c2ccc(NC(=O)OCC(F)(F)F)cc2F)CC1. The second-order valence-electron chi connectivity index (χ2n) is 5.63. The lowest BCUT2D eigenvalue weighted by Crippen LogP contribution is -2.29. The van der Waals surface area contributed by atoms with Crippen LogP contribution in [0.15, 0.2) is 18.2 Å². The number of hydrogen-bond acceptors (Lipinski definition) is 4. The van der Waals surface area contributed by atoms with Gasteiger partial charge in [0.15, 0.2) is 6.61 Å². The van der Waals surface area contributed by atoms with Crippen LogP contribution < -0.4 is 10.2 Å². The van der Waals surface area contributed by atoms with Crippen molar-refractivity contribution < 1.29 is 27.1 Å². The van der Waals surface area contributed by atoms with E-state index in [0.29, 0.717) is 18.8 Å². The van der Waals surface area contributed by atoms with Gasteiger partial charge >= 0.3 is 12.3 Å². The summed E-state index contributed by atoms with van der Waals surface area (Å²) in [5, 5.41) is 2.08. The summed E-state index contributed by atoms with van der Waals surface area (Å²) in [6, 6.07) is 4.00. The molecule has 0 unspecified atom stereocenters. The minimum atomic E-state index is -4.60. The Bertz CT molecular complexity index is 580. The molecule has 1 saturated heterocycles. The van der Waals surface area contributed by atoms with Gasteiger partial charge in [-0.1, -0.05) is 0 Å². The molecule has 1 heterocycles. The Kier molecular flexibility index (Phi) is 5.87. The maximum absolute atomic E-state index is 14.3. The molecule has 1 aliphatic rings. The van der Waals surface area contributed by atoms with E-state index in [4.69, 9.17) is 0 Å². The molecule has 24 heavy (non-hydrogen) atoms. The number of benzene rings is 1. The molecule has 0 atom stereocenters. The highest BCUT2D eigenvalue weighted by Gasteiger charge is 2.29. The van der Waals surface area contributed by atoms with E-state index in [1.165, 1.54) is 12.1 Å². The third-order valence-electron chi connectivity index (χ3n) is 3.62. The van der Waals surface area contributed by atoms with E-state index in [1.54, 1.807) is 0 Å². The smallest absolute Gasteiger partial charge is 0.422 e. The van der Waals surface area contributed by atoms with Crippen LogP contribution in [-0.2, 0) is 4.74 Å². The molecule has 0 bridgehead atoms. The number of nitrogens with one attached hydrogen (secondary N) is 1. The average molecular weight is 349 g/mol. The van der Waals surface area contributed by atoms with E-state index in [1.807, 2.05) is 11.9 Å². The number of anilines is 2. The number of halogens is 4. The van der Waals surface area contributed by atoms with Crippen molar-refractivity contribution in [3.63, 3.8) is 0 Å². The van der Waals surface area contributed by atoms with Gasteiger partial charge in [-0.05, 0) is 38.2 Å². The van der Waals surface area contributed by atoms with E-state index in [9.17, 15) is 22.4 Å². The van der Waals surface area contributed by atoms with Crippen molar-refractivity contribution in [1.29, 1.82) is 0 Å². The summed E-state index contributed by atoms with van der Waals surface area (Å²) in [7, 11) is 2.00. The molecule has 9 heteroatoms. The Labute approximate surface area is 137 Å². The van der Waals surface area contributed by atoms with Gasteiger partial charge in [0.25, 0.3) is 0 Å². The minimum absolute atomic E-state index is 0.0374. The van der Waals surface area contributed by atoms with Crippen LogP contribution in [0.4, 0.5) is 33.7 Å². The van der Waals surface area contributed by atoms with Gasteiger partial charge in [0.1, 0.15) is 5.82 Å². The zero-order valence-corrected chi connectivity index (χ0v) is 13.2. The van der Waals surface area contributed by atoms with Gasteiger partial charge in [0.05, 0.1) is 5.69 Å². The molecule has 0 aliphatic carbocycles. The molecule has 0 saturated carbocycles. The van der Waals surface area contributed by atoms with Crippen molar-refractivity contribution in [1.82, 2.24) is 4.90 Å². The minimum Gasteiger partial charge on any atom is -0.440 e. The second-order valence-corrected chi connectivity index (χ2v) is 5.63. The van der Waals surface area contributed by atoms with Crippen LogP contribution in [0.1, 0.15) is 6.42 Å². The quantitative estimate of drug-likeness (QED) is 0.852. The summed E-state index contributed by atoms with van der Waals surface area (Å²) in [5.41, 5.74) is 0.440. The fourth-order valence-electron chi connectivity index (χ4n) is 2.43. The van der Waals surface area contributed by atoms with Gasteiger partial charge in [0.2, 0.25) is 0 Å². The van der Waals surface area contributed by atoms with Crippen LogP contribution in [-0.4, -0.2) is 57.0 Å². The Balaban J connectivity index is 1.97. The molecule has 134 valence electrons. The first-order valence-electron chi connectivity index (χ1n) is 7.48. The molecule has 1 N–H and O–H groups in total. The maximum atomic E-state index is 14.3. The number of carbonyl (C=O) groups excluding carboxylic acids is 1. The first kappa shape index (κ1) is 18.3. The van der Waals surface area contributed by atoms with E-state index in [-0.39, 0.29) is 5.69 Å². The van der Waals surface area contributed by atoms with Crippen LogP contribution in [0.5, 0.6) is 0 Å². The highest BCUT2D eigenvalue weighted by atomic mass is 19.4. The summed E-state index contributed by atoms with van der Waals surface area (Å²) in [6.45, 7) is 1.43. The Morgan fingerprint density at radius 1 is 1.25 bits per heavy atom. The number of amides is 1.